The van der Waals surface area contributed by atoms with Crippen molar-refractivity contribution in [3.8, 4) is 0 Å². The molecule has 0 amide bonds. The van der Waals surface area contributed by atoms with Crippen molar-refractivity contribution >= 4 is 0 Å². The zero-order valence-corrected chi connectivity index (χ0v) is 9.90. The molecule has 2 atom stereocenters. The molecule has 1 fully saturated rings. The van der Waals surface area contributed by atoms with Crippen LogP contribution in [0.2, 0.25) is 0 Å². The highest BCUT2D eigenvalue weighted by Gasteiger charge is 2.42. The maximum absolute atomic E-state index is 4.05. The summed E-state index contributed by atoms with van der Waals surface area (Å²) >= 11 is 0. The zero-order valence-electron chi connectivity index (χ0n) is 9.90. The Morgan fingerprint density at radius 1 is 1.47 bits per heavy atom. The smallest absolute Gasteiger partial charge is 0.0946 e. The SMILES string of the molecule is CC(Cn1ccnc1)NC(C)C1(C)CC1. The van der Waals surface area contributed by atoms with Gasteiger partial charge in [0.25, 0.3) is 0 Å². The molecule has 0 saturated heterocycles. The Hall–Kier alpha value is -0.830. The molecule has 0 aromatic carbocycles. The van der Waals surface area contributed by atoms with Gasteiger partial charge in [0.05, 0.1) is 6.33 Å². The molecule has 1 aromatic rings. The highest BCUT2D eigenvalue weighted by molar-refractivity contribution is 4.97. The number of hydrogen-bond acceptors (Lipinski definition) is 2. The van der Waals surface area contributed by atoms with Gasteiger partial charge in [0, 0.05) is 31.0 Å². The molecule has 0 bridgehead atoms. The summed E-state index contributed by atoms with van der Waals surface area (Å²) in [6, 6.07) is 1.13. The maximum Gasteiger partial charge on any atom is 0.0946 e. The molecule has 1 saturated carbocycles. The van der Waals surface area contributed by atoms with Gasteiger partial charge < -0.3 is 9.88 Å². The number of aromatic nitrogens is 2. The monoisotopic (exact) mass is 207 g/mol. The maximum atomic E-state index is 4.05. The Morgan fingerprint density at radius 2 is 2.20 bits per heavy atom. The van der Waals surface area contributed by atoms with Crippen molar-refractivity contribution in [1.82, 2.24) is 14.9 Å². The minimum absolute atomic E-state index is 0.506. The Bertz CT molecular complexity index is 301. The third-order valence-corrected chi connectivity index (χ3v) is 3.66. The lowest BCUT2D eigenvalue weighted by atomic mass is 10.00. The van der Waals surface area contributed by atoms with E-state index in [9.17, 15) is 0 Å². The molecule has 84 valence electrons. The van der Waals surface area contributed by atoms with Crippen LogP contribution in [0.15, 0.2) is 18.7 Å². The third-order valence-electron chi connectivity index (χ3n) is 3.66. The van der Waals surface area contributed by atoms with Gasteiger partial charge in [-0.1, -0.05) is 6.92 Å². The number of hydrogen-bond donors (Lipinski definition) is 1. The van der Waals surface area contributed by atoms with Gasteiger partial charge >= 0.3 is 0 Å². The number of nitrogens with one attached hydrogen (secondary N) is 1. The van der Waals surface area contributed by atoms with Crippen LogP contribution in [0.4, 0.5) is 0 Å². The van der Waals surface area contributed by atoms with E-state index >= 15 is 0 Å². The lowest BCUT2D eigenvalue weighted by Gasteiger charge is -2.25. The van der Waals surface area contributed by atoms with Crippen molar-refractivity contribution in [2.45, 2.75) is 52.2 Å². The fourth-order valence-corrected chi connectivity index (χ4v) is 2.02. The topological polar surface area (TPSA) is 29.9 Å². The molecule has 1 N–H and O–H groups in total. The second kappa shape index (κ2) is 3.97. The lowest BCUT2D eigenvalue weighted by molar-refractivity contribution is 0.330. The van der Waals surface area contributed by atoms with E-state index < -0.39 is 0 Å². The van der Waals surface area contributed by atoms with Crippen LogP contribution < -0.4 is 5.32 Å². The fraction of sp³-hybridized carbons (Fsp3) is 0.750. The van der Waals surface area contributed by atoms with Crippen LogP contribution in [-0.2, 0) is 6.54 Å². The van der Waals surface area contributed by atoms with E-state index in [2.05, 4.69) is 35.6 Å². The second-order valence-corrected chi connectivity index (χ2v) is 5.20. The molecule has 2 rings (SSSR count). The minimum atomic E-state index is 0.506. The molecule has 15 heavy (non-hydrogen) atoms. The summed E-state index contributed by atoms with van der Waals surface area (Å²) in [6.45, 7) is 7.91. The Balaban J connectivity index is 1.79. The summed E-state index contributed by atoms with van der Waals surface area (Å²) in [6.07, 6.45) is 8.47. The fourth-order valence-electron chi connectivity index (χ4n) is 2.02. The summed E-state index contributed by atoms with van der Waals surface area (Å²) in [4.78, 5) is 4.05. The van der Waals surface area contributed by atoms with Crippen molar-refractivity contribution in [2.75, 3.05) is 0 Å². The van der Waals surface area contributed by atoms with Crippen molar-refractivity contribution in [3.05, 3.63) is 18.7 Å². The van der Waals surface area contributed by atoms with Crippen LogP contribution in [0.5, 0.6) is 0 Å². The van der Waals surface area contributed by atoms with Gasteiger partial charge in [-0.2, -0.15) is 0 Å². The minimum Gasteiger partial charge on any atom is -0.336 e. The standard InChI is InChI=1S/C12H21N3/c1-10(8-15-7-6-13-9-15)14-11(2)12(3)4-5-12/h6-7,9-11,14H,4-5,8H2,1-3H3. The highest BCUT2D eigenvalue weighted by Crippen LogP contribution is 2.48. The van der Waals surface area contributed by atoms with Gasteiger partial charge in [-0.05, 0) is 32.1 Å². The predicted octanol–water partition coefficient (Wildman–Crippen LogP) is 2.05. The van der Waals surface area contributed by atoms with Crippen LogP contribution in [0.25, 0.3) is 0 Å². The summed E-state index contributed by atoms with van der Waals surface area (Å²) in [5.74, 6) is 0. The summed E-state index contributed by atoms with van der Waals surface area (Å²) in [5.41, 5.74) is 0.559. The van der Waals surface area contributed by atoms with Crippen LogP contribution in [0, 0.1) is 5.41 Å². The van der Waals surface area contributed by atoms with Crippen LogP contribution >= 0.6 is 0 Å². The van der Waals surface area contributed by atoms with Crippen molar-refractivity contribution in [1.29, 1.82) is 0 Å². The molecule has 1 aliphatic carbocycles. The largest absolute Gasteiger partial charge is 0.336 e. The summed E-state index contributed by atoms with van der Waals surface area (Å²) < 4.78 is 2.12. The number of rotatable bonds is 5. The Morgan fingerprint density at radius 3 is 2.73 bits per heavy atom. The first-order valence-corrected chi connectivity index (χ1v) is 5.82. The van der Waals surface area contributed by atoms with E-state index in [1.54, 1.807) is 0 Å². The van der Waals surface area contributed by atoms with Gasteiger partial charge in [-0.25, -0.2) is 4.98 Å². The first-order valence-electron chi connectivity index (χ1n) is 5.82. The van der Waals surface area contributed by atoms with E-state index in [4.69, 9.17) is 0 Å². The molecule has 1 aliphatic rings. The molecule has 1 aromatic heterocycles. The molecule has 2 unspecified atom stereocenters. The normalized spacial score (nSPS) is 22.3. The van der Waals surface area contributed by atoms with Gasteiger partial charge in [0.2, 0.25) is 0 Å². The zero-order chi connectivity index (χ0) is 10.9. The molecule has 3 nitrogen and oxygen atoms in total. The predicted molar refractivity (Wildman–Crippen MR) is 61.6 cm³/mol. The van der Waals surface area contributed by atoms with Crippen molar-refractivity contribution in [3.63, 3.8) is 0 Å². The molecular formula is C12H21N3. The molecule has 1 heterocycles. The van der Waals surface area contributed by atoms with Gasteiger partial charge in [-0.15, -0.1) is 0 Å². The second-order valence-electron chi connectivity index (χ2n) is 5.20. The van der Waals surface area contributed by atoms with Crippen LogP contribution in [0.3, 0.4) is 0 Å². The molecule has 0 aliphatic heterocycles. The Kier molecular flexibility index (Phi) is 2.83. The lowest BCUT2D eigenvalue weighted by Crippen LogP contribution is -2.41. The third kappa shape index (κ3) is 2.59. The van der Waals surface area contributed by atoms with Gasteiger partial charge in [0.15, 0.2) is 0 Å². The molecular weight excluding hydrogens is 186 g/mol. The molecule has 0 radical (unpaired) electrons. The quantitative estimate of drug-likeness (QED) is 0.801. The van der Waals surface area contributed by atoms with Gasteiger partial charge in [-0.3, -0.25) is 0 Å². The Labute approximate surface area is 91.9 Å². The van der Waals surface area contributed by atoms with Crippen LogP contribution in [-0.4, -0.2) is 21.6 Å². The van der Waals surface area contributed by atoms with Crippen molar-refractivity contribution in [2.24, 2.45) is 5.41 Å². The van der Waals surface area contributed by atoms with E-state index in [-0.39, 0.29) is 0 Å². The summed E-state index contributed by atoms with van der Waals surface area (Å²) in [7, 11) is 0. The first kappa shape index (κ1) is 10.7. The van der Waals surface area contributed by atoms with Crippen LogP contribution in [0.1, 0.15) is 33.6 Å². The molecule has 3 heteroatoms. The number of nitrogens with zero attached hydrogens (tertiary/aromatic N) is 2. The van der Waals surface area contributed by atoms with Crippen molar-refractivity contribution < 1.29 is 0 Å². The van der Waals surface area contributed by atoms with E-state index in [0.29, 0.717) is 17.5 Å². The highest BCUT2D eigenvalue weighted by atomic mass is 15.1. The number of imidazole rings is 1. The summed E-state index contributed by atoms with van der Waals surface area (Å²) in [5, 5.41) is 3.67. The first-order chi connectivity index (χ1) is 7.10. The van der Waals surface area contributed by atoms with E-state index in [0.717, 1.165) is 6.54 Å². The average molecular weight is 207 g/mol. The van der Waals surface area contributed by atoms with Gasteiger partial charge in [0.1, 0.15) is 0 Å². The average Bonchev–Trinajstić information content (AvgIpc) is 2.74. The van der Waals surface area contributed by atoms with E-state index in [1.165, 1.54) is 12.8 Å². The van der Waals surface area contributed by atoms with E-state index in [1.807, 2.05) is 18.7 Å². The molecule has 0 spiro atoms.